The highest BCUT2D eigenvalue weighted by atomic mass is 16.5. The average molecular weight is 459 g/mol. The molecular formula is C28H30N2O4. The van der Waals surface area contributed by atoms with E-state index in [1.54, 1.807) is 19.2 Å². The van der Waals surface area contributed by atoms with E-state index in [0.29, 0.717) is 31.7 Å². The molecule has 1 unspecified atom stereocenters. The van der Waals surface area contributed by atoms with Gasteiger partial charge in [0, 0.05) is 20.2 Å². The summed E-state index contributed by atoms with van der Waals surface area (Å²) in [7, 11) is 3.01. The Balaban J connectivity index is 1.64. The van der Waals surface area contributed by atoms with Crippen molar-refractivity contribution >= 4 is 11.9 Å². The Morgan fingerprint density at radius 3 is 2.29 bits per heavy atom. The van der Waals surface area contributed by atoms with Crippen LogP contribution in [0.15, 0.2) is 78.9 Å². The van der Waals surface area contributed by atoms with Gasteiger partial charge in [0.2, 0.25) is 5.91 Å². The largest absolute Gasteiger partial charge is 0.465 e. The molecule has 0 bridgehead atoms. The predicted molar refractivity (Wildman–Crippen MR) is 130 cm³/mol. The molecule has 6 nitrogen and oxygen atoms in total. The van der Waals surface area contributed by atoms with Crippen molar-refractivity contribution in [3.8, 4) is 0 Å². The minimum absolute atomic E-state index is 0.0254. The van der Waals surface area contributed by atoms with Gasteiger partial charge in [0.1, 0.15) is 0 Å². The summed E-state index contributed by atoms with van der Waals surface area (Å²) in [5.41, 5.74) is 4.85. The number of methoxy groups -OCH3 is 2. The first-order valence-electron chi connectivity index (χ1n) is 11.4. The molecule has 1 amide bonds. The minimum atomic E-state index is -0.383. The summed E-state index contributed by atoms with van der Waals surface area (Å²) in [5, 5.41) is 3.43. The van der Waals surface area contributed by atoms with Crippen LogP contribution in [0.25, 0.3) is 0 Å². The van der Waals surface area contributed by atoms with Crippen LogP contribution in [0.4, 0.5) is 0 Å². The minimum Gasteiger partial charge on any atom is -0.465 e. The van der Waals surface area contributed by atoms with Crippen LogP contribution < -0.4 is 5.32 Å². The molecule has 0 radical (unpaired) electrons. The Morgan fingerprint density at radius 1 is 0.941 bits per heavy atom. The molecule has 0 spiro atoms. The molecule has 34 heavy (non-hydrogen) atoms. The van der Waals surface area contributed by atoms with Crippen molar-refractivity contribution in [2.45, 2.75) is 31.6 Å². The number of hydrogen-bond donors (Lipinski definition) is 1. The van der Waals surface area contributed by atoms with E-state index in [1.807, 2.05) is 59.5 Å². The van der Waals surface area contributed by atoms with Gasteiger partial charge >= 0.3 is 5.97 Å². The number of nitrogens with one attached hydrogen (secondary N) is 1. The number of carbonyl (C=O) groups is 2. The monoisotopic (exact) mass is 458 g/mol. The highest BCUT2D eigenvalue weighted by molar-refractivity contribution is 5.89. The summed E-state index contributed by atoms with van der Waals surface area (Å²) in [6.07, 6.45) is 0.640. The van der Waals surface area contributed by atoms with E-state index in [4.69, 9.17) is 9.47 Å². The summed E-state index contributed by atoms with van der Waals surface area (Å²) >= 11 is 0. The molecular weight excluding hydrogens is 428 g/mol. The first-order chi connectivity index (χ1) is 16.6. The number of nitrogens with zero attached hydrogens (tertiary/aromatic N) is 1. The second kappa shape index (κ2) is 11.1. The maximum absolute atomic E-state index is 14.0. The van der Waals surface area contributed by atoms with E-state index in [2.05, 4.69) is 17.4 Å². The molecule has 3 aromatic carbocycles. The first-order valence-corrected chi connectivity index (χ1v) is 11.4. The van der Waals surface area contributed by atoms with Gasteiger partial charge in [-0.2, -0.15) is 0 Å². The van der Waals surface area contributed by atoms with E-state index < -0.39 is 0 Å². The molecule has 0 saturated heterocycles. The molecule has 4 rings (SSSR count). The molecule has 0 saturated carbocycles. The van der Waals surface area contributed by atoms with Gasteiger partial charge in [-0.1, -0.05) is 66.7 Å². The number of esters is 1. The van der Waals surface area contributed by atoms with Crippen LogP contribution in [0, 0.1) is 0 Å². The van der Waals surface area contributed by atoms with Crippen molar-refractivity contribution in [1.82, 2.24) is 10.2 Å². The lowest BCUT2D eigenvalue weighted by Gasteiger charge is -2.36. The van der Waals surface area contributed by atoms with Crippen molar-refractivity contribution in [3.63, 3.8) is 0 Å². The third-order valence-electron chi connectivity index (χ3n) is 6.28. The van der Waals surface area contributed by atoms with Gasteiger partial charge in [-0.05, 0) is 40.8 Å². The molecule has 0 fully saturated rings. The van der Waals surface area contributed by atoms with Crippen LogP contribution >= 0.6 is 0 Å². The fourth-order valence-electron chi connectivity index (χ4n) is 4.43. The summed E-state index contributed by atoms with van der Waals surface area (Å²) in [5.74, 6) is -0.358. The van der Waals surface area contributed by atoms with Crippen molar-refractivity contribution < 1.29 is 19.1 Å². The molecule has 2 atom stereocenters. The average Bonchev–Trinajstić information content (AvgIpc) is 2.90. The molecule has 1 aliphatic heterocycles. The SMILES string of the molecule is COCC(c1ccccc1)N(Cc1ccc(C(=O)OC)cc1)C(=O)[C@@H]1Cc2ccccc2CN1. The first kappa shape index (κ1) is 23.7. The fraction of sp³-hybridized carbons (Fsp3) is 0.286. The van der Waals surface area contributed by atoms with Crippen LogP contribution in [0.1, 0.15) is 38.7 Å². The van der Waals surface area contributed by atoms with Gasteiger partial charge in [0.25, 0.3) is 0 Å². The number of ether oxygens (including phenoxy) is 2. The molecule has 6 heteroatoms. The number of carbonyl (C=O) groups excluding carboxylic acids is 2. The van der Waals surface area contributed by atoms with Crippen LogP contribution in [-0.2, 0) is 33.8 Å². The Labute approximate surface area is 200 Å². The van der Waals surface area contributed by atoms with Crippen LogP contribution in [-0.4, -0.2) is 43.6 Å². The number of rotatable bonds is 8. The lowest BCUT2D eigenvalue weighted by atomic mass is 9.94. The third kappa shape index (κ3) is 5.35. The van der Waals surface area contributed by atoms with E-state index >= 15 is 0 Å². The molecule has 1 N–H and O–H groups in total. The van der Waals surface area contributed by atoms with Gasteiger partial charge in [-0.25, -0.2) is 4.79 Å². The summed E-state index contributed by atoms with van der Waals surface area (Å²) in [6.45, 7) is 1.43. The van der Waals surface area contributed by atoms with Gasteiger partial charge in [0.15, 0.2) is 0 Å². The highest BCUT2D eigenvalue weighted by Crippen LogP contribution is 2.27. The Hall–Kier alpha value is -3.48. The summed E-state index contributed by atoms with van der Waals surface area (Å²) < 4.78 is 10.4. The van der Waals surface area contributed by atoms with Crippen LogP contribution in [0.3, 0.4) is 0 Å². The maximum atomic E-state index is 14.0. The molecule has 1 heterocycles. The predicted octanol–water partition coefficient (Wildman–Crippen LogP) is 3.90. The van der Waals surface area contributed by atoms with Gasteiger partial charge in [-0.15, -0.1) is 0 Å². The summed E-state index contributed by atoms with van der Waals surface area (Å²) in [4.78, 5) is 27.7. The Bertz CT molecular complexity index is 1110. The van der Waals surface area contributed by atoms with Crippen molar-refractivity contribution in [3.05, 3.63) is 107 Å². The Morgan fingerprint density at radius 2 is 1.62 bits per heavy atom. The van der Waals surface area contributed by atoms with E-state index in [-0.39, 0.29) is 24.0 Å². The normalized spacial score (nSPS) is 15.8. The number of fused-ring (bicyclic) bond motifs is 1. The quantitative estimate of drug-likeness (QED) is 0.519. The zero-order chi connectivity index (χ0) is 23.9. The lowest BCUT2D eigenvalue weighted by molar-refractivity contribution is -0.138. The van der Waals surface area contributed by atoms with E-state index in [0.717, 1.165) is 11.1 Å². The number of hydrogen-bond acceptors (Lipinski definition) is 5. The van der Waals surface area contributed by atoms with Crippen molar-refractivity contribution in [2.24, 2.45) is 0 Å². The van der Waals surface area contributed by atoms with E-state index in [9.17, 15) is 9.59 Å². The van der Waals surface area contributed by atoms with Crippen molar-refractivity contribution in [2.75, 3.05) is 20.8 Å². The Kier molecular flexibility index (Phi) is 7.72. The van der Waals surface area contributed by atoms with Gasteiger partial charge in [0.05, 0.1) is 31.4 Å². The third-order valence-corrected chi connectivity index (χ3v) is 6.28. The second-order valence-corrected chi connectivity index (χ2v) is 8.44. The van der Waals surface area contributed by atoms with Gasteiger partial charge in [-0.3, -0.25) is 4.79 Å². The molecule has 3 aromatic rings. The molecule has 0 aromatic heterocycles. The maximum Gasteiger partial charge on any atom is 0.337 e. The molecule has 0 aliphatic carbocycles. The molecule has 1 aliphatic rings. The van der Waals surface area contributed by atoms with Gasteiger partial charge < -0.3 is 19.7 Å². The number of amides is 1. The second-order valence-electron chi connectivity index (χ2n) is 8.44. The zero-order valence-electron chi connectivity index (χ0n) is 19.6. The van der Waals surface area contributed by atoms with Crippen LogP contribution in [0.5, 0.6) is 0 Å². The van der Waals surface area contributed by atoms with Crippen LogP contribution in [0.2, 0.25) is 0 Å². The number of benzene rings is 3. The standard InChI is InChI=1S/C28H30N2O4/c1-33-19-26(21-8-4-3-5-9-21)30(18-20-12-14-22(15-13-20)28(32)34-2)27(31)25-16-23-10-6-7-11-24(23)17-29-25/h3-15,25-26,29H,16-19H2,1-2H3/t25-,26?/m0/s1. The topological polar surface area (TPSA) is 67.9 Å². The van der Waals surface area contributed by atoms with E-state index in [1.165, 1.54) is 18.2 Å². The lowest BCUT2D eigenvalue weighted by Crippen LogP contribution is -2.50. The smallest absolute Gasteiger partial charge is 0.337 e. The fourth-order valence-corrected chi connectivity index (χ4v) is 4.43. The highest BCUT2D eigenvalue weighted by Gasteiger charge is 2.33. The molecule has 176 valence electrons. The zero-order valence-corrected chi connectivity index (χ0v) is 19.6. The van der Waals surface area contributed by atoms with Crippen molar-refractivity contribution in [1.29, 1.82) is 0 Å². The summed E-state index contributed by atoms with van der Waals surface area (Å²) in [6, 6.07) is 24.8.